The summed E-state index contributed by atoms with van der Waals surface area (Å²) >= 11 is 0. The number of nitrogens with one attached hydrogen (secondary N) is 3. The number of carbonyl (C=O) groups excluding carboxylic acids is 2. The largest absolute Gasteiger partial charge is 0.391 e. The quantitative estimate of drug-likeness (QED) is 0.227. The number of ether oxygens (including phenoxy) is 1. The van der Waals surface area contributed by atoms with E-state index in [0.717, 1.165) is 17.4 Å². The number of hydrogen-bond acceptors (Lipinski definition) is 6. The maximum absolute atomic E-state index is 13.5. The van der Waals surface area contributed by atoms with Crippen LogP contribution in [-0.4, -0.2) is 61.9 Å². The van der Waals surface area contributed by atoms with Gasteiger partial charge in [-0.1, -0.05) is 78.9 Å². The Labute approximate surface area is 248 Å². The highest BCUT2D eigenvalue weighted by molar-refractivity contribution is 7.88. The van der Waals surface area contributed by atoms with Crippen LogP contribution in [0.15, 0.2) is 84.9 Å². The third kappa shape index (κ3) is 11.4. The molecule has 0 bridgehead atoms. The number of aliphatic hydroxyl groups is 1. The molecule has 0 fully saturated rings. The lowest BCUT2D eigenvalue weighted by Crippen LogP contribution is -2.55. The smallest absolute Gasteiger partial charge is 0.251 e. The fourth-order valence-corrected chi connectivity index (χ4v) is 5.11. The van der Waals surface area contributed by atoms with Crippen molar-refractivity contribution in [2.45, 2.75) is 63.9 Å². The summed E-state index contributed by atoms with van der Waals surface area (Å²) in [5.74, 6) is -0.894. The molecule has 0 radical (unpaired) electrons. The zero-order valence-electron chi connectivity index (χ0n) is 24.5. The van der Waals surface area contributed by atoms with E-state index in [9.17, 15) is 23.1 Å². The second kappa shape index (κ2) is 15.1. The van der Waals surface area contributed by atoms with Crippen molar-refractivity contribution in [1.29, 1.82) is 0 Å². The van der Waals surface area contributed by atoms with Crippen molar-refractivity contribution >= 4 is 21.8 Å². The van der Waals surface area contributed by atoms with Gasteiger partial charge in [0.15, 0.2) is 0 Å². The summed E-state index contributed by atoms with van der Waals surface area (Å²) in [5.41, 5.74) is 2.35. The lowest BCUT2D eigenvalue weighted by molar-refractivity contribution is -0.125. The molecule has 0 aliphatic rings. The van der Waals surface area contributed by atoms with E-state index in [1.807, 2.05) is 81.4 Å². The summed E-state index contributed by atoms with van der Waals surface area (Å²) in [6.07, 6.45) is 0.239. The molecule has 42 heavy (non-hydrogen) atoms. The third-order valence-corrected chi connectivity index (χ3v) is 7.05. The molecule has 9 nitrogen and oxygen atoms in total. The van der Waals surface area contributed by atoms with Gasteiger partial charge in [0.25, 0.3) is 5.91 Å². The molecule has 0 aliphatic heterocycles. The summed E-state index contributed by atoms with van der Waals surface area (Å²) in [4.78, 5) is 26.4. The summed E-state index contributed by atoms with van der Waals surface area (Å²) in [7, 11) is -3.75. The monoisotopic (exact) mass is 595 g/mol. The van der Waals surface area contributed by atoms with Crippen LogP contribution in [0.1, 0.15) is 47.8 Å². The van der Waals surface area contributed by atoms with Crippen molar-refractivity contribution in [3.63, 3.8) is 0 Å². The molecule has 2 amide bonds. The Morgan fingerprint density at radius 1 is 0.857 bits per heavy atom. The Morgan fingerprint density at radius 2 is 1.43 bits per heavy atom. The topological polar surface area (TPSA) is 134 Å². The van der Waals surface area contributed by atoms with Gasteiger partial charge in [-0.2, -0.15) is 0 Å². The Balaban J connectivity index is 1.81. The minimum Gasteiger partial charge on any atom is -0.391 e. The first-order valence-corrected chi connectivity index (χ1v) is 15.7. The SMILES string of the molecule is CC(C)(C)NC(=O)c1ccccc1C[C@@H](O)[C@H](Cc1ccccc1)NC(=O)[C@@H](COCc1ccccc1)NS(C)(=O)=O. The van der Waals surface area contributed by atoms with Crippen LogP contribution < -0.4 is 15.4 Å². The molecule has 0 spiro atoms. The van der Waals surface area contributed by atoms with Crippen LogP contribution in [-0.2, 0) is 39.0 Å². The lowest BCUT2D eigenvalue weighted by Gasteiger charge is -2.28. The van der Waals surface area contributed by atoms with Gasteiger partial charge in [0, 0.05) is 17.5 Å². The van der Waals surface area contributed by atoms with E-state index in [-0.39, 0.29) is 32.0 Å². The second-order valence-electron chi connectivity index (χ2n) is 11.4. The molecule has 3 aromatic rings. The van der Waals surface area contributed by atoms with E-state index in [4.69, 9.17) is 4.74 Å². The van der Waals surface area contributed by atoms with Crippen LogP contribution in [0.25, 0.3) is 0 Å². The highest BCUT2D eigenvalue weighted by atomic mass is 32.2. The van der Waals surface area contributed by atoms with Gasteiger partial charge < -0.3 is 20.5 Å². The number of rotatable bonds is 14. The Morgan fingerprint density at radius 3 is 2.02 bits per heavy atom. The number of amides is 2. The Kier molecular flexibility index (Phi) is 11.8. The van der Waals surface area contributed by atoms with E-state index < -0.39 is 39.7 Å². The zero-order chi connectivity index (χ0) is 30.8. The lowest BCUT2D eigenvalue weighted by atomic mass is 9.93. The normalized spacial score (nSPS) is 14.0. The van der Waals surface area contributed by atoms with Gasteiger partial charge in [-0.15, -0.1) is 0 Å². The molecule has 0 aliphatic carbocycles. The van der Waals surface area contributed by atoms with Crippen molar-refractivity contribution < 1.29 is 27.9 Å². The standard InChI is InChI=1S/C32H41N3O6S/c1-32(2,3)34-30(37)26-18-12-11-17-25(26)20-29(36)27(19-23-13-7-5-8-14-23)33-31(38)28(35-42(4,39)40)22-41-21-24-15-9-6-10-16-24/h5-18,27-29,35-36H,19-22H2,1-4H3,(H,33,38)(H,34,37)/t27-,28+,29+/m0/s1. The number of carbonyl (C=O) groups is 2. The first-order valence-electron chi connectivity index (χ1n) is 13.8. The van der Waals surface area contributed by atoms with Crippen LogP contribution in [0.4, 0.5) is 0 Å². The van der Waals surface area contributed by atoms with Crippen molar-refractivity contribution in [2.75, 3.05) is 12.9 Å². The van der Waals surface area contributed by atoms with Gasteiger partial charge >= 0.3 is 0 Å². The highest BCUT2D eigenvalue weighted by Crippen LogP contribution is 2.17. The Bertz CT molecular complexity index is 1410. The predicted octanol–water partition coefficient (Wildman–Crippen LogP) is 2.98. The van der Waals surface area contributed by atoms with Gasteiger partial charge in [-0.3, -0.25) is 9.59 Å². The molecule has 0 saturated heterocycles. The molecule has 226 valence electrons. The maximum Gasteiger partial charge on any atom is 0.251 e. The average Bonchev–Trinajstić information content (AvgIpc) is 2.92. The first-order chi connectivity index (χ1) is 19.8. The fourth-order valence-electron chi connectivity index (χ4n) is 4.42. The fraction of sp³-hybridized carbons (Fsp3) is 0.375. The van der Waals surface area contributed by atoms with Crippen LogP contribution in [0, 0.1) is 0 Å². The van der Waals surface area contributed by atoms with Gasteiger partial charge in [-0.05, 0) is 49.9 Å². The molecule has 0 unspecified atom stereocenters. The van der Waals surface area contributed by atoms with Crippen molar-refractivity contribution in [1.82, 2.24) is 15.4 Å². The van der Waals surface area contributed by atoms with Crippen LogP contribution in [0.5, 0.6) is 0 Å². The van der Waals surface area contributed by atoms with E-state index in [2.05, 4.69) is 15.4 Å². The van der Waals surface area contributed by atoms with E-state index in [1.54, 1.807) is 24.3 Å². The summed E-state index contributed by atoms with van der Waals surface area (Å²) < 4.78 is 32.2. The summed E-state index contributed by atoms with van der Waals surface area (Å²) in [6, 6.07) is 23.7. The first kappa shape index (κ1) is 32.9. The number of hydrogen-bond donors (Lipinski definition) is 4. The van der Waals surface area contributed by atoms with Crippen LogP contribution >= 0.6 is 0 Å². The van der Waals surface area contributed by atoms with Crippen molar-refractivity contribution in [2.24, 2.45) is 0 Å². The van der Waals surface area contributed by atoms with Gasteiger partial charge in [-0.25, -0.2) is 13.1 Å². The predicted molar refractivity (Wildman–Crippen MR) is 163 cm³/mol. The van der Waals surface area contributed by atoms with Gasteiger partial charge in [0.1, 0.15) is 6.04 Å². The number of aliphatic hydroxyl groups excluding tert-OH is 1. The number of benzene rings is 3. The van der Waals surface area contributed by atoms with Crippen molar-refractivity contribution in [3.05, 3.63) is 107 Å². The van der Waals surface area contributed by atoms with E-state index in [1.165, 1.54) is 0 Å². The maximum atomic E-state index is 13.5. The van der Waals surface area contributed by atoms with Crippen LogP contribution in [0.3, 0.4) is 0 Å². The molecule has 3 rings (SSSR count). The molecule has 10 heteroatoms. The average molecular weight is 596 g/mol. The van der Waals surface area contributed by atoms with Gasteiger partial charge in [0.2, 0.25) is 15.9 Å². The second-order valence-corrected chi connectivity index (χ2v) is 13.2. The molecular formula is C32H41N3O6S. The molecule has 0 saturated carbocycles. The molecule has 0 heterocycles. The van der Waals surface area contributed by atoms with E-state index >= 15 is 0 Å². The summed E-state index contributed by atoms with van der Waals surface area (Å²) in [6.45, 7) is 5.65. The van der Waals surface area contributed by atoms with Crippen molar-refractivity contribution in [3.8, 4) is 0 Å². The number of sulfonamides is 1. The van der Waals surface area contributed by atoms with E-state index in [0.29, 0.717) is 11.1 Å². The molecule has 0 aromatic heterocycles. The minimum absolute atomic E-state index is 0.0835. The zero-order valence-corrected chi connectivity index (χ0v) is 25.4. The Hall–Kier alpha value is -3.57. The highest BCUT2D eigenvalue weighted by Gasteiger charge is 2.29. The third-order valence-electron chi connectivity index (χ3n) is 6.34. The summed E-state index contributed by atoms with van der Waals surface area (Å²) in [5, 5.41) is 17.2. The van der Waals surface area contributed by atoms with Gasteiger partial charge in [0.05, 0.1) is 31.6 Å². The molecule has 4 N–H and O–H groups in total. The molecular weight excluding hydrogens is 554 g/mol. The minimum atomic E-state index is -3.75. The molecule has 3 aromatic carbocycles. The van der Waals surface area contributed by atoms with Crippen LogP contribution in [0.2, 0.25) is 0 Å². The molecule has 3 atom stereocenters.